The molecule has 0 spiro atoms. The first-order valence-corrected chi connectivity index (χ1v) is 8.09. The van der Waals surface area contributed by atoms with E-state index >= 15 is 0 Å². The second-order valence-electron chi connectivity index (χ2n) is 6.25. The van der Waals surface area contributed by atoms with Crippen LogP contribution in [0.25, 0.3) is 10.8 Å². The zero-order chi connectivity index (χ0) is 17.1. The first-order valence-electron chi connectivity index (χ1n) is 8.09. The number of nitrogens with one attached hydrogen (secondary N) is 1. The Hall–Kier alpha value is -2.69. The molecule has 0 heterocycles. The largest absolute Gasteiger partial charge is 0.480 e. The molecule has 0 radical (unpaired) electrons. The van der Waals surface area contributed by atoms with E-state index in [4.69, 9.17) is 0 Å². The van der Waals surface area contributed by atoms with Gasteiger partial charge in [-0.3, -0.25) is 9.59 Å². The van der Waals surface area contributed by atoms with Crippen molar-refractivity contribution < 1.29 is 19.5 Å². The molecule has 5 nitrogen and oxygen atoms in total. The molecule has 3 rings (SSSR count). The molecule has 0 aliphatic heterocycles. The minimum atomic E-state index is -1.09. The molecule has 1 aliphatic carbocycles. The molecule has 1 saturated carbocycles. The van der Waals surface area contributed by atoms with Crippen LogP contribution in [0.3, 0.4) is 0 Å². The maximum absolute atomic E-state index is 12.5. The van der Waals surface area contributed by atoms with Crippen molar-refractivity contribution in [1.82, 2.24) is 5.32 Å². The molecule has 1 aliphatic rings. The summed E-state index contributed by atoms with van der Waals surface area (Å²) < 4.78 is 0. The van der Waals surface area contributed by atoms with Crippen LogP contribution in [0.1, 0.15) is 36.0 Å². The quantitative estimate of drug-likeness (QED) is 0.905. The normalized spacial score (nSPS) is 19.0. The maximum atomic E-state index is 12.5. The Morgan fingerprint density at radius 2 is 1.88 bits per heavy atom. The van der Waals surface area contributed by atoms with E-state index in [1.807, 2.05) is 30.3 Å². The van der Waals surface area contributed by atoms with Crippen molar-refractivity contribution in [3.8, 4) is 0 Å². The van der Waals surface area contributed by atoms with Crippen LogP contribution in [-0.4, -0.2) is 28.8 Å². The van der Waals surface area contributed by atoms with Gasteiger partial charge in [-0.15, -0.1) is 0 Å². The zero-order valence-corrected chi connectivity index (χ0v) is 13.2. The minimum absolute atomic E-state index is 0.0671. The molecule has 2 atom stereocenters. The number of amides is 1. The second-order valence-corrected chi connectivity index (χ2v) is 6.25. The molecule has 0 unspecified atom stereocenters. The molecule has 0 bridgehead atoms. The number of hydrogen-bond donors (Lipinski definition) is 2. The lowest BCUT2D eigenvalue weighted by molar-refractivity contribution is -0.141. The average molecular weight is 325 g/mol. The van der Waals surface area contributed by atoms with E-state index in [1.165, 1.54) is 0 Å². The van der Waals surface area contributed by atoms with Crippen molar-refractivity contribution in [2.75, 3.05) is 0 Å². The predicted octanol–water partition coefficient (Wildman–Crippen LogP) is 2.78. The van der Waals surface area contributed by atoms with Crippen molar-refractivity contribution in [2.45, 2.75) is 31.7 Å². The highest BCUT2D eigenvalue weighted by Gasteiger charge is 2.33. The lowest BCUT2D eigenvalue weighted by Gasteiger charge is -2.27. The fourth-order valence-electron chi connectivity index (χ4n) is 3.28. The first-order chi connectivity index (χ1) is 11.5. The molecule has 124 valence electrons. The van der Waals surface area contributed by atoms with E-state index in [1.54, 1.807) is 12.1 Å². The van der Waals surface area contributed by atoms with Crippen LogP contribution in [0, 0.1) is 5.92 Å². The summed E-state index contributed by atoms with van der Waals surface area (Å²) >= 11 is 0. The summed E-state index contributed by atoms with van der Waals surface area (Å²) in [7, 11) is 0. The Kier molecular flexibility index (Phi) is 4.60. The third-order valence-corrected chi connectivity index (χ3v) is 4.56. The van der Waals surface area contributed by atoms with Crippen LogP contribution in [-0.2, 0) is 9.59 Å². The van der Waals surface area contributed by atoms with Gasteiger partial charge in [-0.1, -0.05) is 30.3 Å². The van der Waals surface area contributed by atoms with E-state index in [2.05, 4.69) is 5.32 Å². The van der Waals surface area contributed by atoms with Crippen molar-refractivity contribution in [1.29, 1.82) is 0 Å². The van der Waals surface area contributed by atoms with E-state index in [9.17, 15) is 19.5 Å². The Morgan fingerprint density at radius 1 is 1.12 bits per heavy atom. The number of carbonyl (C=O) groups excluding carboxylic acids is 2. The lowest BCUT2D eigenvalue weighted by atomic mass is 9.83. The molecule has 5 heteroatoms. The van der Waals surface area contributed by atoms with Crippen molar-refractivity contribution >= 4 is 28.4 Å². The Bertz CT molecular complexity index is 799. The van der Waals surface area contributed by atoms with Crippen LogP contribution >= 0.6 is 0 Å². The van der Waals surface area contributed by atoms with Gasteiger partial charge in [-0.2, -0.15) is 0 Å². The Balaban J connectivity index is 1.79. The maximum Gasteiger partial charge on any atom is 0.326 e. The first kappa shape index (κ1) is 16.2. The number of rotatable bonds is 4. The molecule has 1 amide bonds. The summed E-state index contributed by atoms with van der Waals surface area (Å²) in [6, 6.07) is 11.9. The van der Waals surface area contributed by atoms with Crippen molar-refractivity contribution in [3.05, 3.63) is 48.0 Å². The summed E-state index contributed by atoms with van der Waals surface area (Å²) in [4.78, 5) is 35.6. The molecular formula is C19H19NO4. The van der Waals surface area contributed by atoms with Gasteiger partial charge in [0.2, 0.25) is 0 Å². The van der Waals surface area contributed by atoms with Gasteiger partial charge in [0.1, 0.15) is 11.8 Å². The number of aliphatic carboxylic acids is 1. The summed E-state index contributed by atoms with van der Waals surface area (Å²) in [5.41, 5.74) is 0.419. The Labute approximate surface area is 139 Å². The van der Waals surface area contributed by atoms with Gasteiger partial charge in [0.25, 0.3) is 5.91 Å². The zero-order valence-electron chi connectivity index (χ0n) is 13.2. The highest BCUT2D eigenvalue weighted by atomic mass is 16.4. The summed E-state index contributed by atoms with van der Waals surface area (Å²) in [5.74, 6) is -1.79. The highest BCUT2D eigenvalue weighted by molar-refractivity contribution is 6.00. The van der Waals surface area contributed by atoms with E-state index in [-0.39, 0.29) is 18.1 Å². The molecule has 0 saturated heterocycles. The summed E-state index contributed by atoms with van der Waals surface area (Å²) in [6.07, 6.45) is 2.04. The molecule has 2 N–H and O–H groups in total. The van der Waals surface area contributed by atoms with Crippen LogP contribution in [0.4, 0.5) is 0 Å². The SMILES string of the molecule is O=C1CCC[C@@H]([C@@H](NC(=O)c2ccc3ccccc3c2)C(=O)O)C1. The third-order valence-electron chi connectivity index (χ3n) is 4.56. The molecule has 0 aromatic heterocycles. The highest BCUT2D eigenvalue weighted by Crippen LogP contribution is 2.25. The monoisotopic (exact) mass is 325 g/mol. The number of carboxylic acid groups (broad SMARTS) is 1. The number of ketones is 1. The molecule has 1 fully saturated rings. The number of hydrogen-bond acceptors (Lipinski definition) is 3. The van der Waals surface area contributed by atoms with E-state index in [0.29, 0.717) is 24.8 Å². The second kappa shape index (κ2) is 6.83. The molecule has 2 aromatic rings. The number of fused-ring (bicyclic) bond motifs is 1. The minimum Gasteiger partial charge on any atom is -0.480 e. The van der Waals surface area contributed by atoms with Crippen LogP contribution in [0.5, 0.6) is 0 Å². The standard InChI is InChI=1S/C19H19NO4/c21-16-7-3-6-14(11-16)17(19(23)24)20-18(22)15-9-8-12-4-1-2-5-13(12)10-15/h1-2,4-5,8-10,14,17H,3,6-7,11H2,(H,20,22)(H,23,24)/t14-,17-/m1/s1. The van der Waals surface area contributed by atoms with Crippen molar-refractivity contribution in [3.63, 3.8) is 0 Å². The lowest BCUT2D eigenvalue weighted by Crippen LogP contribution is -2.47. The number of carbonyl (C=O) groups is 3. The van der Waals surface area contributed by atoms with Crippen molar-refractivity contribution in [2.24, 2.45) is 5.92 Å². The van der Waals surface area contributed by atoms with Gasteiger partial charge in [0.15, 0.2) is 0 Å². The van der Waals surface area contributed by atoms with Gasteiger partial charge in [0.05, 0.1) is 0 Å². The fourth-order valence-corrected chi connectivity index (χ4v) is 3.28. The smallest absolute Gasteiger partial charge is 0.326 e. The summed E-state index contributed by atoms with van der Waals surface area (Å²) in [6.45, 7) is 0. The van der Waals surface area contributed by atoms with E-state index in [0.717, 1.165) is 10.8 Å². The number of carboxylic acids is 1. The van der Waals surface area contributed by atoms with Crippen LogP contribution in [0.15, 0.2) is 42.5 Å². The molecule has 2 aromatic carbocycles. The molecular weight excluding hydrogens is 306 g/mol. The van der Waals surface area contributed by atoms with Gasteiger partial charge < -0.3 is 10.4 Å². The topological polar surface area (TPSA) is 83.5 Å². The number of Topliss-reactive ketones (excluding diaryl/α,β-unsaturated/α-hetero) is 1. The van der Waals surface area contributed by atoms with Gasteiger partial charge in [0, 0.05) is 18.4 Å². The Morgan fingerprint density at radius 3 is 2.58 bits per heavy atom. The van der Waals surface area contributed by atoms with Gasteiger partial charge >= 0.3 is 5.97 Å². The average Bonchev–Trinajstić information content (AvgIpc) is 2.58. The van der Waals surface area contributed by atoms with Crippen LogP contribution < -0.4 is 5.32 Å². The summed E-state index contributed by atoms with van der Waals surface area (Å²) in [5, 5.41) is 14.0. The number of benzene rings is 2. The fraction of sp³-hybridized carbons (Fsp3) is 0.316. The van der Waals surface area contributed by atoms with Gasteiger partial charge in [-0.25, -0.2) is 4.79 Å². The molecule has 24 heavy (non-hydrogen) atoms. The third kappa shape index (κ3) is 3.45. The van der Waals surface area contributed by atoms with Crippen LogP contribution in [0.2, 0.25) is 0 Å². The predicted molar refractivity (Wildman–Crippen MR) is 89.8 cm³/mol. The van der Waals surface area contributed by atoms with Gasteiger partial charge in [-0.05, 0) is 41.7 Å². The van der Waals surface area contributed by atoms with E-state index < -0.39 is 17.9 Å².